The first-order valence-electron chi connectivity index (χ1n) is 8.63. The molecule has 1 saturated heterocycles. The van der Waals surface area contributed by atoms with E-state index >= 15 is 0 Å². The van der Waals surface area contributed by atoms with Gasteiger partial charge < -0.3 is 10.2 Å². The molecule has 0 bridgehead atoms. The Balaban J connectivity index is 1.73. The lowest BCUT2D eigenvalue weighted by atomic mass is 10.1. The molecule has 2 atom stereocenters. The lowest BCUT2D eigenvalue weighted by Crippen LogP contribution is -2.51. The largest absolute Gasteiger partial charge is 0.390 e. The molecule has 0 amide bonds. The molecule has 1 heterocycles. The van der Waals surface area contributed by atoms with E-state index in [2.05, 4.69) is 0 Å². The Morgan fingerprint density at radius 1 is 0.808 bits per heavy atom. The molecule has 2 aromatic rings. The highest BCUT2D eigenvalue weighted by molar-refractivity contribution is 7.89. The number of aliphatic hydroxyl groups excluding tert-OH is 2. The second kappa shape index (κ2) is 8.28. The van der Waals surface area contributed by atoms with Crippen LogP contribution in [0.15, 0.2) is 65.6 Å². The molecule has 6 nitrogen and oxygen atoms in total. The molecule has 1 fully saturated rings. The molecule has 26 heavy (non-hydrogen) atoms. The molecular weight excluding hydrogens is 352 g/mol. The standard InChI is InChI=1S/C19H24N2O4S/c22-17-12-20(11-16-7-3-1-4-8-16)13-18(23)15-21(14-17)26(24,25)19-9-5-2-6-10-19/h1-10,17-18,22-23H,11-15H2. The Morgan fingerprint density at radius 3 is 1.85 bits per heavy atom. The van der Waals surface area contributed by atoms with E-state index in [9.17, 15) is 18.6 Å². The minimum absolute atomic E-state index is 0.0421. The molecule has 2 unspecified atom stereocenters. The van der Waals surface area contributed by atoms with Gasteiger partial charge in [0.05, 0.1) is 17.1 Å². The third kappa shape index (κ3) is 4.69. The number of hydrogen-bond acceptors (Lipinski definition) is 5. The van der Waals surface area contributed by atoms with E-state index in [1.54, 1.807) is 18.2 Å². The van der Waals surface area contributed by atoms with Gasteiger partial charge in [0.15, 0.2) is 0 Å². The fourth-order valence-electron chi connectivity index (χ4n) is 3.24. The zero-order chi connectivity index (χ0) is 18.6. The second-order valence-corrected chi connectivity index (χ2v) is 8.56. The minimum atomic E-state index is -3.75. The van der Waals surface area contributed by atoms with Gasteiger partial charge in [-0.2, -0.15) is 4.31 Å². The fraction of sp³-hybridized carbons (Fsp3) is 0.368. The summed E-state index contributed by atoms with van der Waals surface area (Å²) in [4.78, 5) is 2.12. The van der Waals surface area contributed by atoms with E-state index < -0.39 is 22.2 Å². The summed E-state index contributed by atoms with van der Waals surface area (Å²) >= 11 is 0. The first-order valence-corrected chi connectivity index (χ1v) is 10.1. The van der Waals surface area contributed by atoms with Gasteiger partial charge in [-0.3, -0.25) is 4.90 Å². The number of hydrogen-bond donors (Lipinski definition) is 2. The number of sulfonamides is 1. The first-order chi connectivity index (χ1) is 12.4. The van der Waals surface area contributed by atoms with Crippen LogP contribution in [-0.4, -0.2) is 66.2 Å². The quantitative estimate of drug-likeness (QED) is 0.829. The van der Waals surface area contributed by atoms with Crippen molar-refractivity contribution in [3.8, 4) is 0 Å². The van der Waals surface area contributed by atoms with E-state index in [4.69, 9.17) is 0 Å². The Bertz CT molecular complexity index is 785. The van der Waals surface area contributed by atoms with Crippen molar-refractivity contribution in [2.75, 3.05) is 26.2 Å². The van der Waals surface area contributed by atoms with Gasteiger partial charge in [0.2, 0.25) is 10.0 Å². The van der Waals surface area contributed by atoms with E-state index in [0.29, 0.717) is 19.6 Å². The third-order valence-corrected chi connectivity index (χ3v) is 6.24. The molecule has 0 spiro atoms. The van der Waals surface area contributed by atoms with Crippen LogP contribution in [0.1, 0.15) is 5.56 Å². The highest BCUT2D eigenvalue weighted by Crippen LogP contribution is 2.18. The van der Waals surface area contributed by atoms with Crippen molar-refractivity contribution in [3.63, 3.8) is 0 Å². The molecule has 0 aliphatic carbocycles. The van der Waals surface area contributed by atoms with Crippen LogP contribution in [0.4, 0.5) is 0 Å². The van der Waals surface area contributed by atoms with Gasteiger partial charge in [-0.15, -0.1) is 0 Å². The van der Waals surface area contributed by atoms with Crippen LogP contribution in [0.25, 0.3) is 0 Å². The molecule has 7 heteroatoms. The Morgan fingerprint density at radius 2 is 1.31 bits per heavy atom. The highest BCUT2D eigenvalue weighted by Gasteiger charge is 2.32. The normalized spacial score (nSPS) is 23.3. The molecule has 0 radical (unpaired) electrons. The highest BCUT2D eigenvalue weighted by atomic mass is 32.2. The van der Waals surface area contributed by atoms with Crippen LogP contribution in [0.3, 0.4) is 0 Å². The molecule has 0 saturated carbocycles. The summed E-state index contributed by atoms with van der Waals surface area (Å²) in [6.07, 6.45) is -1.66. The van der Waals surface area contributed by atoms with Crippen LogP contribution in [0.5, 0.6) is 0 Å². The van der Waals surface area contributed by atoms with Crippen LogP contribution < -0.4 is 0 Å². The molecule has 1 aliphatic heterocycles. The maximum absolute atomic E-state index is 12.8. The summed E-state index contributed by atoms with van der Waals surface area (Å²) in [5.41, 5.74) is 1.08. The minimum Gasteiger partial charge on any atom is -0.390 e. The lowest BCUT2D eigenvalue weighted by molar-refractivity contribution is 0.0229. The van der Waals surface area contributed by atoms with Crippen LogP contribution in [0, 0.1) is 0 Å². The molecule has 1 aliphatic rings. The van der Waals surface area contributed by atoms with Crippen molar-refractivity contribution in [3.05, 3.63) is 66.2 Å². The van der Waals surface area contributed by atoms with Crippen molar-refractivity contribution in [1.82, 2.24) is 9.21 Å². The maximum Gasteiger partial charge on any atom is 0.243 e. The van der Waals surface area contributed by atoms with Gasteiger partial charge in [0.1, 0.15) is 0 Å². The molecule has 140 valence electrons. The summed E-state index contributed by atoms with van der Waals surface area (Å²) < 4.78 is 26.8. The SMILES string of the molecule is O=S(=O)(c1ccccc1)N1CC(O)CN(Cc2ccccc2)CC(O)C1. The van der Waals surface area contributed by atoms with Crippen molar-refractivity contribution in [1.29, 1.82) is 0 Å². The molecule has 3 rings (SSSR count). The predicted molar refractivity (Wildman–Crippen MR) is 98.9 cm³/mol. The van der Waals surface area contributed by atoms with Crippen molar-refractivity contribution < 1.29 is 18.6 Å². The van der Waals surface area contributed by atoms with Gasteiger partial charge in [0, 0.05) is 32.7 Å². The molecule has 0 aromatic heterocycles. The number of rotatable bonds is 4. The zero-order valence-electron chi connectivity index (χ0n) is 14.5. The van der Waals surface area contributed by atoms with Crippen LogP contribution in [0.2, 0.25) is 0 Å². The predicted octanol–water partition coefficient (Wildman–Crippen LogP) is 0.915. The average molecular weight is 376 g/mol. The molecule has 2 aromatic carbocycles. The topological polar surface area (TPSA) is 81.1 Å². The summed E-state index contributed by atoms with van der Waals surface area (Å²) in [5, 5.41) is 20.8. The van der Waals surface area contributed by atoms with Gasteiger partial charge in [0.25, 0.3) is 0 Å². The van der Waals surface area contributed by atoms with Crippen LogP contribution in [-0.2, 0) is 16.6 Å². The van der Waals surface area contributed by atoms with Crippen molar-refractivity contribution in [2.24, 2.45) is 0 Å². The molecule has 2 N–H and O–H groups in total. The third-order valence-electron chi connectivity index (χ3n) is 4.40. The average Bonchev–Trinajstić information content (AvgIpc) is 2.61. The molecular formula is C19H24N2O4S. The zero-order valence-corrected chi connectivity index (χ0v) is 15.3. The lowest BCUT2D eigenvalue weighted by Gasteiger charge is -2.35. The summed E-state index contributed by atoms with van der Waals surface area (Å²) in [6, 6.07) is 17.9. The number of aliphatic hydroxyl groups is 2. The van der Waals surface area contributed by atoms with E-state index in [0.717, 1.165) is 5.56 Å². The summed E-state index contributed by atoms with van der Waals surface area (Å²) in [7, 11) is -3.75. The first kappa shape index (κ1) is 19.0. The monoisotopic (exact) mass is 376 g/mol. The smallest absolute Gasteiger partial charge is 0.243 e. The van der Waals surface area contributed by atoms with Crippen molar-refractivity contribution >= 4 is 10.0 Å². The van der Waals surface area contributed by atoms with Gasteiger partial charge >= 0.3 is 0 Å². The Labute approximate surface area is 154 Å². The number of benzene rings is 2. The van der Waals surface area contributed by atoms with E-state index in [1.165, 1.54) is 16.4 Å². The maximum atomic E-state index is 12.8. The van der Waals surface area contributed by atoms with Crippen molar-refractivity contribution in [2.45, 2.75) is 23.6 Å². The summed E-state index contributed by atoms with van der Waals surface area (Å²) in [5.74, 6) is 0. The number of nitrogens with zero attached hydrogens (tertiary/aromatic N) is 2. The van der Waals surface area contributed by atoms with E-state index in [1.807, 2.05) is 35.2 Å². The Kier molecular flexibility index (Phi) is 6.05. The Hall–Kier alpha value is -1.77. The number of β-amino-alcohol motifs (C(OH)–C–C–N with tert-alkyl or cyclic N) is 2. The van der Waals surface area contributed by atoms with Gasteiger partial charge in [-0.1, -0.05) is 48.5 Å². The fourth-order valence-corrected chi connectivity index (χ4v) is 4.78. The second-order valence-electron chi connectivity index (χ2n) is 6.62. The van der Waals surface area contributed by atoms with Crippen LogP contribution >= 0.6 is 0 Å². The van der Waals surface area contributed by atoms with Gasteiger partial charge in [-0.05, 0) is 17.7 Å². The van der Waals surface area contributed by atoms with E-state index in [-0.39, 0.29) is 18.0 Å². The van der Waals surface area contributed by atoms with Gasteiger partial charge in [-0.25, -0.2) is 8.42 Å². The summed E-state index contributed by atoms with van der Waals surface area (Å²) in [6.45, 7) is 1.11.